The van der Waals surface area contributed by atoms with Crippen molar-refractivity contribution in [3.63, 3.8) is 0 Å². The van der Waals surface area contributed by atoms with E-state index in [2.05, 4.69) is 23.8 Å². The summed E-state index contributed by atoms with van der Waals surface area (Å²) < 4.78 is 5.31. The van der Waals surface area contributed by atoms with Crippen molar-refractivity contribution in [1.29, 1.82) is 0 Å². The molecule has 0 spiro atoms. The number of benzene rings is 1. The van der Waals surface area contributed by atoms with Crippen LogP contribution in [0.15, 0.2) is 12.1 Å². The first kappa shape index (κ1) is 13.9. The van der Waals surface area contributed by atoms with Crippen LogP contribution in [0.5, 0.6) is 5.75 Å². The van der Waals surface area contributed by atoms with Crippen molar-refractivity contribution in [2.24, 2.45) is 5.92 Å². The first-order chi connectivity index (χ1) is 9.10. The van der Waals surface area contributed by atoms with Crippen LogP contribution in [0.2, 0.25) is 0 Å². The molecule has 1 unspecified atom stereocenters. The smallest absolute Gasteiger partial charge is 0.262 e. The molecule has 1 aliphatic heterocycles. The summed E-state index contributed by atoms with van der Waals surface area (Å²) in [4.78, 5) is 11.3. The molecular weight excluding hydrogens is 262 g/mol. The Morgan fingerprint density at radius 3 is 3.11 bits per heavy atom. The summed E-state index contributed by atoms with van der Waals surface area (Å²) in [7, 11) is 0. The number of carbonyl (C=O) groups is 1. The minimum Gasteiger partial charge on any atom is -0.482 e. The average Bonchev–Trinajstić information content (AvgIpc) is 2.37. The Balaban J connectivity index is 2.08. The lowest BCUT2D eigenvalue weighted by atomic mass is 10.1. The Bertz CT molecular complexity index is 479. The standard InChI is InChI=1S/C13H19N3O2S/c1-8(7-19-2)5-15-10-4-11-12(3-9(10)14)18-6-13(17)16-11/h3-4,8,15H,5-7,14H2,1-2H3,(H,16,17). The van der Waals surface area contributed by atoms with E-state index >= 15 is 0 Å². The van der Waals surface area contributed by atoms with Crippen molar-refractivity contribution in [2.45, 2.75) is 6.92 Å². The highest BCUT2D eigenvalue weighted by Gasteiger charge is 2.17. The van der Waals surface area contributed by atoms with Crippen LogP contribution < -0.4 is 21.1 Å². The number of ether oxygens (including phenoxy) is 1. The van der Waals surface area contributed by atoms with Gasteiger partial charge in [-0.15, -0.1) is 0 Å². The van der Waals surface area contributed by atoms with Gasteiger partial charge in [-0.2, -0.15) is 11.8 Å². The Labute approximate surface area is 117 Å². The fourth-order valence-corrected chi connectivity index (χ4v) is 2.61. The molecule has 0 bridgehead atoms. The van der Waals surface area contributed by atoms with Crippen LogP contribution in [0.4, 0.5) is 17.1 Å². The Morgan fingerprint density at radius 2 is 2.37 bits per heavy atom. The Hall–Kier alpha value is -1.56. The first-order valence-corrected chi connectivity index (χ1v) is 7.58. The van der Waals surface area contributed by atoms with E-state index in [-0.39, 0.29) is 12.5 Å². The zero-order chi connectivity index (χ0) is 13.8. The van der Waals surface area contributed by atoms with Crippen LogP contribution >= 0.6 is 11.8 Å². The molecule has 0 aromatic heterocycles. The van der Waals surface area contributed by atoms with Gasteiger partial charge < -0.3 is 21.1 Å². The average molecular weight is 281 g/mol. The number of amides is 1. The molecule has 0 saturated carbocycles. The van der Waals surface area contributed by atoms with E-state index in [1.54, 1.807) is 6.07 Å². The number of thioether (sulfide) groups is 1. The zero-order valence-corrected chi connectivity index (χ0v) is 12.0. The molecule has 104 valence electrons. The molecule has 1 aromatic carbocycles. The third-order valence-corrected chi connectivity index (χ3v) is 3.78. The molecule has 0 aliphatic carbocycles. The van der Waals surface area contributed by atoms with Crippen molar-refractivity contribution in [1.82, 2.24) is 0 Å². The first-order valence-electron chi connectivity index (χ1n) is 6.19. The van der Waals surface area contributed by atoms with Crippen molar-refractivity contribution in [3.8, 4) is 5.75 Å². The van der Waals surface area contributed by atoms with E-state index in [9.17, 15) is 4.79 Å². The number of nitrogens with two attached hydrogens (primary N) is 1. The van der Waals surface area contributed by atoms with Crippen molar-refractivity contribution >= 4 is 34.7 Å². The minimum absolute atomic E-state index is 0.0456. The van der Waals surface area contributed by atoms with E-state index in [4.69, 9.17) is 10.5 Å². The molecule has 1 aromatic rings. The normalized spacial score (nSPS) is 15.2. The van der Waals surface area contributed by atoms with Crippen molar-refractivity contribution < 1.29 is 9.53 Å². The maximum absolute atomic E-state index is 11.3. The highest BCUT2D eigenvalue weighted by molar-refractivity contribution is 7.98. The van der Waals surface area contributed by atoms with E-state index in [1.165, 1.54) is 0 Å². The molecule has 1 heterocycles. The quantitative estimate of drug-likeness (QED) is 0.720. The molecule has 0 radical (unpaired) electrons. The van der Waals surface area contributed by atoms with E-state index in [0.717, 1.165) is 18.0 Å². The predicted molar refractivity (Wildman–Crippen MR) is 81.0 cm³/mol. The van der Waals surface area contributed by atoms with Gasteiger partial charge in [-0.25, -0.2) is 0 Å². The monoisotopic (exact) mass is 281 g/mol. The van der Waals surface area contributed by atoms with Crippen LogP contribution in [0, 0.1) is 5.92 Å². The number of fused-ring (bicyclic) bond motifs is 1. The number of nitrogens with one attached hydrogen (secondary N) is 2. The lowest BCUT2D eigenvalue weighted by Crippen LogP contribution is -2.25. The lowest BCUT2D eigenvalue weighted by Gasteiger charge is -2.21. The van der Waals surface area contributed by atoms with Gasteiger partial charge >= 0.3 is 0 Å². The number of hydrogen-bond donors (Lipinski definition) is 3. The third kappa shape index (κ3) is 3.47. The number of hydrogen-bond acceptors (Lipinski definition) is 5. The number of rotatable bonds is 5. The van der Waals surface area contributed by atoms with E-state index in [0.29, 0.717) is 23.0 Å². The van der Waals surface area contributed by atoms with Gasteiger partial charge in [0.15, 0.2) is 6.61 Å². The number of anilines is 3. The molecule has 4 N–H and O–H groups in total. The molecule has 5 nitrogen and oxygen atoms in total. The van der Waals surface area contributed by atoms with Crippen LogP contribution in [0.1, 0.15) is 6.92 Å². The molecule has 1 amide bonds. The fourth-order valence-electron chi connectivity index (χ4n) is 1.92. The summed E-state index contributed by atoms with van der Waals surface area (Å²) in [6, 6.07) is 3.57. The molecule has 0 saturated heterocycles. The maximum atomic E-state index is 11.3. The lowest BCUT2D eigenvalue weighted by molar-refractivity contribution is -0.118. The molecule has 1 aliphatic rings. The topological polar surface area (TPSA) is 76.4 Å². The van der Waals surface area contributed by atoms with Gasteiger partial charge in [-0.3, -0.25) is 4.79 Å². The van der Waals surface area contributed by atoms with Crippen molar-refractivity contribution in [2.75, 3.05) is 41.5 Å². The van der Waals surface area contributed by atoms with Gasteiger partial charge in [0, 0.05) is 12.6 Å². The summed E-state index contributed by atoms with van der Waals surface area (Å²) in [5, 5.41) is 6.09. The maximum Gasteiger partial charge on any atom is 0.262 e. The van der Waals surface area contributed by atoms with Crippen LogP contribution in [0.3, 0.4) is 0 Å². The van der Waals surface area contributed by atoms with Crippen LogP contribution in [0.25, 0.3) is 0 Å². The molecule has 19 heavy (non-hydrogen) atoms. The van der Waals surface area contributed by atoms with E-state index in [1.807, 2.05) is 17.8 Å². The van der Waals surface area contributed by atoms with Gasteiger partial charge in [0.2, 0.25) is 0 Å². The second kappa shape index (κ2) is 6.06. The largest absolute Gasteiger partial charge is 0.482 e. The summed E-state index contributed by atoms with van der Waals surface area (Å²) >= 11 is 1.82. The summed E-state index contributed by atoms with van der Waals surface area (Å²) in [6.45, 7) is 3.07. The van der Waals surface area contributed by atoms with Gasteiger partial charge in [0.1, 0.15) is 5.75 Å². The van der Waals surface area contributed by atoms with Gasteiger partial charge in [0.25, 0.3) is 5.91 Å². The predicted octanol–water partition coefficient (Wildman–Crippen LogP) is 2.01. The summed E-state index contributed by atoms with van der Waals surface area (Å²) in [5.41, 5.74) is 8.11. The molecule has 1 atom stereocenters. The summed E-state index contributed by atoms with van der Waals surface area (Å²) in [5.74, 6) is 2.13. The molecule has 6 heteroatoms. The number of carbonyl (C=O) groups excluding carboxylic acids is 1. The minimum atomic E-state index is -0.140. The van der Waals surface area contributed by atoms with Crippen molar-refractivity contribution in [3.05, 3.63) is 12.1 Å². The molecule has 0 fully saturated rings. The number of nitrogen functional groups attached to an aromatic ring is 1. The van der Waals surface area contributed by atoms with Gasteiger partial charge in [-0.05, 0) is 24.0 Å². The van der Waals surface area contributed by atoms with Gasteiger partial charge in [-0.1, -0.05) is 6.92 Å². The van der Waals surface area contributed by atoms with Crippen LogP contribution in [-0.2, 0) is 4.79 Å². The van der Waals surface area contributed by atoms with Crippen LogP contribution in [-0.4, -0.2) is 31.1 Å². The SMILES string of the molecule is CSCC(C)CNc1cc2c(cc1N)OCC(=O)N2. The highest BCUT2D eigenvalue weighted by atomic mass is 32.2. The summed E-state index contributed by atoms with van der Waals surface area (Å²) in [6.07, 6.45) is 2.09. The second-order valence-electron chi connectivity index (χ2n) is 4.71. The zero-order valence-electron chi connectivity index (χ0n) is 11.2. The Morgan fingerprint density at radius 1 is 1.58 bits per heavy atom. The second-order valence-corrected chi connectivity index (χ2v) is 5.62. The third-order valence-electron chi connectivity index (χ3n) is 2.88. The molecule has 2 rings (SSSR count). The van der Waals surface area contributed by atoms with E-state index < -0.39 is 0 Å². The molecular formula is C13H19N3O2S. The van der Waals surface area contributed by atoms with Gasteiger partial charge in [0.05, 0.1) is 17.1 Å². The fraction of sp³-hybridized carbons (Fsp3) is 0.462. The highest BCUT2D eigenvalue weighted by Crippen LogP contribution is 2.35. The Kier molecular flexibility index (Phi) is 4.42.